The van der Waals surface area contributed by atoms with Crippen LogP contribution in [0.3, 0.4) is 0 Å². The Bertz CT molecular complexity index is 1090. The van der Waals surface area contributed by atoms with Crippen LogP contribution >= 0.6 is 0 Å². The quantitative estimate of drug-likeness (QED) is 0.538. The third kappa shape index (κ3) is 5.16. The second kappa shape index (κ2) is 8.86. The van der Waals surface area contributed by atoms with E-state index in [0.29, 0.717) is 24.2 Å². The molecule has 3 aromatic rings. The van der Waals surface area contributed by atoms with Crippen LogP contribution in [0.2, 0.25) is 0 Å². The molecule has 2 heterocycles. The Kier molecular flexibility index (Phi) is 5.98. The van der Waals surface area contributed by atoms with Crippen molar-refractivity contribution in [3.8, 4) is 17.0 Å². The number of carbonyl (C=O) groups excluding carboxylic acids is 1. The fraction of sp³-hybridized carbons (Fsp3) is 0.261. The van der Waals surface area contributed by atoms with E-state index in [0.717, 1.165) is 10.4 Å². The summed E-state index contributed by atoms with van der Waals surface area (Å²) in [6, 6.07) is 14.7. The van der Waals surface area contributed by atoms with Crippen LogP contribution in [0.15, 0.2) is 72.9 Å². The van der Waals surface area contributed by atoms with Crippen LogP contribution < -0.4 is 4.74 Å². The van der Waals surface area contributed by atoms with Gasteiger partial charge in [-0.25, -0.2) is 4.79 Å². The summed E-state index contributed by atoms with van der Waals surface area (Å²) in [6.45, 7) is 2.56. The van der Waals surface area contributed by atoms with Gasteiger partial charge < -0.3 is 9.64 Å². The number of aromatic nitrogens is 3. The normalized spacial score (nSPS) is 18.6. The molecule has 1 unspecified atom stereocenters. The van der Waals surface area contributed by atoms with Gasteiger partial charge in [0.25, 0.3) is 0 Å². The van der Waals surface area contributed by atoms with E-state index >= 15 is 0 Å². The number of hydrogen-bond donors (Lipinski definition) is 0. The van der Waals surface area contributed by atoms with E-state index in [1.165, 1.54) is 30.5 Å². The minimum Gasteiger partial charge on any atom is -0.406 e. The largest absolute Gasteiger partial charge is 0.573 e. The van der Waals surface area contributed by atoms with Crippen molar-refractivity contribution >= 4 is 6.03 Å². The van der Waals surface area contributed by atoms with Crippen molar-refractivity contribution in [1.82, 2.24) is 19.9 Å². The molecular weight excluding hydrogens is 421 g/mol. The summed E-state index contributed by atoms with van der Waals surface area (Å²) in [5.74, 6) is -0.134. The summed E-state index contributed by atoms with van der Waals surface area (Å²) in [6.07, 6.45) is 1.46. The summed E-state index contributed by atoms with van der Waals surface area (Å²) in [5, 5.41) is 8.35. The zero-order chi connectivity index (χ0) is 22.7. The first-order chi connectivity index (χ1) is 15.3. The molecule has 166 valence electrons. The van der Waals surface area contributed by atoms with Gasteiger partial charge in [0.15, 0.2) is 0 Å². The Labute approximate surface area is 182 Å². The fourth-order valence-corrected chi connectivity index (χ4v) is 3.61. The predicted molar refractivity (Wildman–Crippen MR) is 112 cm³/mol. The first kappa shape index (κ1) is 21.6. The molecule has 2 atom stereocenters. The number of rotatable bonds is 4. The first-order valence-corrected chi connectivity index (χ1v) is 10.1. The summed E-state index contributed by atoms with van der Waals surface area (Å²) in [7, 11) is 0. The first-order valence-electron chi connectivity index (χ1n) is 10.1. The number of halogens is 3. The van der Waals surface area contributed by atoms with Gasteiger partial charge in [-0.1, -0.05) is 54.2 Å². The molecule has 4 rings (SSSR count). The molecule has 0 N–H and O–H groups in total. The van der Waals surface area contributed by atoms with Crippen molar-refractivity contribution in [2.24, 2.45) is 5.92 Å². The van der Waals surface area contributed by atoms with E-state index in [9.17, 15) is 18.0 Å². The van der Waals surface area contributed by atoms with Gasteiger partial charge in [-0.05, 0) is 42.2 Å². The average Bonchev–Trinajstić information content (AvgIpc) is 3.25. The van der Waals surface area contributed by atoms with Gasteiger partial charge in [0.1, 0.15) is 11.4 Å². The van der Waals surface area contributed by atoms with Gasteiger partial charge >= 0.3 is 12.4 Å². The minimum atomic E-state index is -4.76. The zero-order valence-corrected chi connectivity index (χ0v) is 17.2. The molecular formula is C23H21F3N4O2. The Balaban J connectivity index is 1.51. The molecule has 2 aromatic carbocycles. The molecule has 9 heteroatoms. The van der Waals surface area contributed by atoms with E-state index in [4.69, 9.17) is 0 Å². The van der Waals surface area contributed by atoms with Crippen LogP contribution in [0.5, 0.6) is 5.75 Å². The van der Waals surface area contributed by atoms with Gasteiger partial charge in [-0.3, -0.25) is 0 Å². The smallest absolute Gasteiger partial charge is 0.406 e. The van der Waals surface area contributed by atoms with Crippen LogP contribution in [-0.4, -0.2) is 44.9 Å². The van der Waals surface area contributed by atoms with Crippen LogP contribution in [0.1, 0.15) is 12.5 Å². The van der Waals surface area contributed by atoms with Crippen LogP contribution in [-0.2, 0) is 6.42 Å². The Hall–Kier alpha value is -3.62. The Morgan fingerprint density at radius 1 is 1.09 bits per heavy atom. The molecule has 0 radical (unpaired) electrons. The molecule has 0 bridgehead atoms. The van der Waals surface area contributed by atoms with Gasteiger partial charge in [0, 0.05) is 12.1 Å². The van der Waals surface area contributed by atoms with Gasteiger partial charge in [0.2, 0.25) is 0 Å². The molecule has 0 fully saturated rings. The summed E-state index contributed by atoms with van der Waals surface area (Å²) >= 11 is 0. The fourth-order valence-electron chi connectivity index (χ4n) is 3.61. The number of alkyl halides is 3. The van der Waals surface area contributed by atoms with Crippen molar-refractivity contribution in [1.29, 1.82) is 0 Å². The Morgan fingerprint density at radius 2 is 1.81 bits per heavy atom. The van der Waals surface area contributed by atoms with Crippen LogP contribution in [0.4, 0.5) is 18.0 Å². The van der Waals surface area contributed by atoms with E-state index in [1.54, 1.807) is 4.90 Å². The van der Waals surface area contributed by atoms with Crippen LogP contribution in [0, 0.1) is 5.92 Å². The highest BCUT2D eigenvalue weighted by Gasteiger charge is 2.31. The summed E-state index contributed by atoms with van der Waals surface area (Å²) < 4.78 is 40.9. The molecule has 0 saturated carbocycles. The molecule has 0 spiro atoms. The maximum absolute atomic E-state index is 13.2. The number of carbonyl (C=O) groups is 1. The number of ether oxygens (including phenoxy) is 1. The van der Waals surface area contributed by atoms with Crippen molar-refractivity contribution in [2.75, 3.05) is 6.54 Å². The average molecular weight is 442 g/mol. The molecule has 0 saturated heterocycles. The lowest BCUT2D eigenvalue weighted by Gasteiger charge is -2.34. The van der Waals surface area contributed by atoms with Crippen molar-refractivity contribution < 1.29 is 22.7 Å². The third-order valence-electron chi connectivity index (χ3n) is 5.13. The molecule has 6 nitrogen and oxygen atoms in total. The van der Waals surface area contributed by atoms with E-state index in [1.807, 2.05) is 43.3 Å². The van der Waals surface area contributed by atoms with Gasteiger partial charge in [0.05, 0.1) is 12.2 Å². The molecule has 1 aliphatic heterocycles. The number of nitrogens with zero attached hydrogens (tertiary/aromatic N) is 4. The monoisotopic (exact) mass is 442 g/mol. The summed E-state index contributed by atoms with van der Waals surface area (Å²) in [5.41, 5.74) is 2.01. The maximum atomic E-state index is 13.2. The molecule has 1 aliphatic rings. The number of benzene rings is 2. The van der Waals surface area contributed by atoms with Crippen molar-refractivity contribution in [3.63, 3.8) is 0 Å². The second-order valence-electron chi connectivity index (χ2n) is 7.65. The van der Waals surface area contributed by atoms with E-state index in [2.05, 4.69) is 21.0 Å². The lowest BCUT2D eigenvalue weighted by atomic mass is 9.97. The van der Waals surface area contributed by atoms with E-state index in [-0.39, 0.29) is 23.7 Å². The number of hydrogen-bond acceptors (Lipinski definition) is 4. The third-order valence-corrected chi connectivity index (χ3v) is 5.13. The highest BCUT2D eigenvalue weighted by Crippen LogP contribution is 2.26. The highest BCUT2D eigenvalue weighted by molar-refractivity contribution is 5.76. The van der Waals surface area contributed by atoms with E-state index < -0.39 is 6.36 Å². The topological polar surface area (TPSA) is 60.2 Å². The molecule has 0 aliphatic carbocycles. The van der Waals surface area contributed by atoms with Gasteiger partial charge in [-0.2, -0.15) is 5.10 Å². The molecule has 32 heavy (non-hydrogen) atoms. The van der Waals surface area contributed by atoms with Crippen LogP contribution in [0.25, 0.3) is 11.3 Å². The van der Waals surface area contributed by atoms with Crippen molar-refractivity contribution in [2.45, 2.75) is 25.7 Å². The number of amides is 1. The predicted octanol–water partition coefficient (Wildman–Crippen LogP) is 4.93. The standard InChI is InChI=1S/C23H21F3N4O2/c1-16-7-10-19(13-17-5-3-2-4-6-17)29(15-16)22(31)30-27-14-21(28-30)18-8-11-20(12-9-18)32-23(24,25)26/h2-12,14,16,19H,13,15H2,1H3/t16?,19-/m1/s1. The second-order valence-corrected chi connectivity index (χ2v) is 7.65. The van der Waals surface area contributed by atoms with Crippen molar-refractivity contribution in [3.05, 3.63) is 78.5 Å². The molecule has 1 aromatic heterocycles. The lowest BCUT2D eigenvalue weighted by Crippen LogP contribution is -2.47. The maximum Gasteiger partial charge on any atom is 0.573 e. The van der Waals surface area contributed by atoms with Gasteiger partial charge in [-0.15, -0.1) is 18.3 Å². The SMILES string of the molecule is CC1C=C[C@H](Cc2ccccc2)N(C(=O)n2ncc(-c3ccc(OC(F)(F)F)cc3)n2)C1. The molecule has 1 amide bonds. The minimum absolute atomic E-state index is 0.130. The zero-order valence-electron chi connectivity index (χ0n) is 17.2. The Morgan fingerprint density at radius 3 is 2.50 bits per heavy atom. The lowest BCUT2D eigenvalue weighted by molar-refractivity contribution is -0.274. The summed E-state index contributed by atoms with van der Waals surface area (Å²) in [4.78, 5) is 16.0. The highest BCUT2D eigenvalue weighted by atomic mass is 19.4.